The monoisotopic (exact) mass is 464 g/mol. The van der Waals surface area contributed by atoms with Crippen LogP contribution < -0.4 is 4.90 Å². The number of nitrogens with zero attached hydrogens (tertiary/aromatic N) is 3. The molecule has 1 saturated carbocycles. The SMILES string of the molecule is O=C(c1cccc2ccccc12)N1CCN(Cc2cnc[nH]2)c2ccc(C3CCCCC3)cc2C1. The van der Waals surface area contributed by atoms with Crippen LogP contribution in [0.2, 0.25) is 0 Å². The van der Waals surface area contributed by atoms with Crippen LogP contribution in [-0.2, 0) is 13.1 Å². The van der Waals surface area contributed by atoms with Crippen LogP contribution in [0.5, 0.6) is 0 Å². The Kier molecular flexibility index (Phi) is 5.99. The summed E-state index contributed by atoms with van der Waals surface area (Å²) in [6.07, 6.45) is 10.2. The first kappa shape index (κ1) is 21.9. The fraction of sp³-hybridized carbons (Fsp3) is 0.333. The Morgan fingerprint density at radius 1 is 0.971 bits per heavy atom. The lowest BCUT2D eigenvalue weighted by atomic mass is 9.83. The molecule has 5 nitrogen and oxygen atoms in total. The molecule has 0 bridgehead atoms. The summed E-state index contributed by atoms with van der Waals surface area (Å²) in [5.41, 5.74) is 5.78. The van der Waals surface area contributed by atoms with E-state index in [9.17, 15) is 4.79 Å². The number of rotatable bonds is 4. The minimum atomic E-state index is 0.110. The van der Waals surface area contributed by atoms with Gasteiger partial charge in [0, 0.05) is 37.1 Å². The maximum atomic E-state index is 13.9. The van der Waals surface area contributed by atoms with Gasteiger partial charge in [-0.05, 0) is 52.8 Å². The number of anilines is 1. The number of amides is 1. The molecule has 1 aromatic heterocycles. The summed E-state index contributed by atoms with van der Waals surface area (Å²) in [6, 6.07) is 21.2. The second kappa shape index (κ2) is 9.57. The molecule has 0 saturated heterocycles. The number of H-pyrrole nitrogens is 1. The first-order chi connectivity index (χ1) is 17.3. The molecule has 1 amide bonds. The summed E-state index contributed by atoms with van der Waals surface area (Å²) < 4.78 is 0. The number of fused-ring (bicyclic) bond motifs is 2. The summed E-state index contributed by atoms with van der Waals surface area (Å²) >= 11 is 0. The average Bonchev–Trinajstić information content (AvgIpc) is 3.36. The van der Waals surface area contributed by atoms with E-state index < -0.39 is 0 Å². The van der Waals surface area contributed by atoms with Crippen LogP contribution >= 0.6 is 0 Å². The number of nitrogens with one attached hydrogen (secondary N) is 1. The van der Waals surface area contributed by atoms with Gasteiger partial charge in [-0.15, -0.1) is 0 Å². The van der Waals surface area contributed by atoms with Gasteiger partial charge in [0.1, 0.15) is 0 Å². The molecule has 3 aromatic carbocycles. The molecule has 4 aromatic rings. The summed E-state index contributed by atoms with van der Waals surface area (Å²) in [4.78, 5) is 25.8. The fourth-order valence-electron chi connectivity index (χ4n) is 5.87. The number of aromatic amines is 1. The number of hydrogen-bond donors (Lipinski definition) is 1. The Morgan fingerprint density at radius 2 is 1.83 bits per heavy atom. The van der Waals surface area contributed by atoms with Crippen LogP contribution in [0.3, 0.4) is 0 Å². The van der Waals surface area contributed by atoms with Gasteiger partial charge in [0.05, 0.1) is 18.6 Å². The third-order valence-electron chi connectivity index (χ3n) is 7.75. The van der Waals surface area contributed by atoms with E-state index in [2.05, 4.69) is 51.3 Å². The predicted octanol–water partition coefficient (Wildman–Crippen LogP) is 6.27. The topological polar surface area (TPSA) is 52.2 Å². The zero-order valence-corrected chi connectivity index (χ0v) is 20.1. The van der Waals surface area contributed by atoms with Crippen molar-refractivity contribution in [3.8, 4) is 0 Å². The van der Waals surface area contributed by atoms with Gasteiger partial charge in [-0.25, -0.2) is 4.98 Å². The van der Waals surface area contributed by atoms with Crippen molar-refractivity contribution in [2.24, 2.45) is 0 Å². The molecule has 0 unspecified atom stereocenters. The highest BCUT2D eigenvalue weighted by Gasteiger charge is 2.26. The van der Waals surface area contributed by atoms with E-state index in [0.29, 0.717) is 19.0 Å². The highest BCUT2D eigenvalue weighted by Crippen LogP contribution is 2.36. The van der Waals surface area contributed by atoms with E-state index in [-0.39, 0.29) is 5.91 Å². The molecule has 2 heterocycles. The van der Waals surface area contributed by atoms with Crippen LogP contribution in [0.25, 0.3) is 10.8 Å². The largest absolute Gasteiger partial charge is 0.364 e. The zero-order chi connectivity index (χ0) is 23.6. The van der Waals surface area contributed by atoms with Crippen LogP contribution in [0, 0.1) is 0 Å². The average molecular weight is 465 g/mol. The van der Waals surface area contributed by atoms with Crippen molar-refractivity contribution in [3.05, 3.63) is 95.6 Å². The molecule has 35 heavy (non-hydrogen) atoms. The Hall–Kier alpha value is -3.60. The standard InChI is InChI=1S/C30H32N4O/c35-30(28-12-6-10-23-9-4-5-11-27(23)28)34-16-15-33(20-26-18-31-21-32-26)29-14-13-24(17-25(29)19-34)22-7-2-1-3-8-22/h4-6,9-14,17-18,21-22H,1-3,7-8,15-16,19-20H2,(H,31,32). The van der Waals surface area contributed by atoms with Crippen molar-refractivity contribution in [3.63, 3.8) is 0 Å². The lowest BCUT2D eigenvalue weighted by Crippen LogP contribution is -2.35. The van der Waals surface area contributed by atoms with Crippen molar-refractivity contribution in [1.29, 1.82) is 0 Å². The Labute approximate surface area is 206 Å². The molecule has 1 aliphatic heterocycles. The molecule has 5 heteroatoms. The van der Waals surface area contributed by atoms with Gasteiger partial charge >= 0.3 is 0 Å². The number of carbonyl (C=O) groups is 1. The molecule has 2 aliphatic rings. The van der Waals surface area contributed by atoms with Gasteiger partial charge < -0.3 is 14.8 Å². The van der Waals surface area contributed by atoms with Gasteiger partial charge in [0.2, 0.25) is 0 Å². The summed E-state index contributed by atoms with van der Waals surface area (Å²) in [6.45, 7) is 2.86. The number of hydrogen-bond acceptors (Lipinski definition) is 3. The first-order valence-electron chi connectivity index (χ1n) is 12.9. The molecule has 1 fully saturated rings. The lowest BCUT2D eigenvalue weighted by molar-refractivity contribution is 0.0753. The number of carbonyl (C=O) groups excluding carboxylic acids is 1. The zero-order valence-electron chi connectivity index (χ0n) is 20.1. The molecule has 0 atom stereocenters. The van der Waals surface area contributed by atoms with Crippen molar-refractivity contribution in [2.45, 2.75) is 51.1 Å². The van der Waals surface area contributed by atoms with Gasteiger partial charge in [-0.3, -0.25) is 4.79 Å². The third kappa shape index (κ3) is 4.43. The van der Waals surface area contributed by atoms with Crippen molar-refractivity contribution >= 4 is 22.4 Å². The van der Waals surface area contributed by atoms with Crippen LogP contribution in [-0.4, -0.2) is 33.9 Å². The Bertz CT molecular complexity index is 1320. The van der Waals surface area contributed by atoms with E-state index in [4.69, 9.17) is 0 Å². The molecule has 178 valence electrons. The maximum absolute atomic E-state index is 13.9. The fourth-order valence-corrected chi connectivity index (χ4v) is 5.87. The van der Waals surface area contributed by atoms with Gasteiger partial charge in [-0.2, -0.15) is 0 Å². The van der Waals surface area contributed by atoms with Gasteiger partial charge in [-0.1, -0.05) is 67.8 Å². The van der Waals surface area contributed by atoms with Crippen LogP contribution in [0.15, 0.2) is 73.2 Å². The Morgan fingerprint density at radius 3 is 2.69 bits per heavy atom. The normalized spacial score (nSPS) is 16.8. The van der Waals surface area contributed by atoms with E-state index in [1.165, 1.54) is 48.9 Å². The van der Waals surface area contributed by atoms with Crippen LogP contribution in [0.4, 0.5) is 5.69 Å². The van der Waals surface area contributed by atoms with Crippen molar-refractivity contribution in [2.75, 3.05) is 18.0 Å². The number of benzene rings is 3. The smallest absolute Gasteiger partial charge is 0.254 e. The van der Waals surface area contributed by atoms with Gasteiger partial charge in [0.25, 0.3) is 5.91 Å². The second-order valence-electron chi connectivity index (χ2n) is 9.97. The maximum Gasteiger partial charge on any atom is 0.254 e. The van der Waals surface area contributed by atoms with E-state index in [0.717, 1.165) is 35.1 Å². The van der Waals surface area contributed by atoms with E-state index in [1.54, 1.807) is 6.33 Å². The second-order valence-corrected chi connectivity index (χ2v) is 9.97. The van der Waals surface area contributed by atoms with E-state index in [1.807, 2.05) is 35.4 Å². The molecule has 6 rings (SSSR count). The summed E-state index contributed by atoms with van der Waals surface area (Å²) in [7, 11) is 0. The Balaban J connectivity index is 1.35. The molecule has 0 spiro atoms. The molecule has 1 N–H and O–H groups in total. The van der Waals surface area contributed by atoms with Gasteiger partial charge in [0.15, 0.2) is 0 Å². The quantitative estimate of drug-likeness (QED) is 0.387. The summed E-state index contributed by atoms with van der Waals surface area (Å²) in [5.74, 6) is 0.750. The van der Waals surface area contributed by atoms with Crippen LogP contribution in [0.1, 0.15) is 65.2 Å². The minimum absolute atomic E-state index is 0.110. The predicted molar refractivity (Wildman–Crippen MR) is 141 cm³/mol. The highest BCUT2D eigenvalue weighted by molar-refractivity contribution is 6.07. The van der Waals surface area contributed by atoms with Crippen molar-refractivity contribution in [1.82, 2.24) is 14.9 Å². The summed E-state index contributed by atoms with van der Waals surface area (Å²) in [5, 5.41) is 2.13. The first-order valence-corrected chi connectivity index (χ1v) is 12.9. The van der Waals surface area contributed by atoms with Crippen molar-refractivity contribution < 1.29 is 4.79 Å². The highest BCUT2D eigenvalue weighted by atomic mass is 16.2. The molecule has 0 radical (unpaired) electrons. The molecular weight excluding hydrogens is 432 g/mol. The molecule has 1 aliphatic carbocycles. The number of imidazole rings is 1. The third-order valence-corrected chi connectivity index (χ3v) is 7.75. The minimum Gasteiger partial charge on any atom is -0.364 e. The lowest BCUT2D eigenvalue weighted by Gasteiger charge is -2.26. The number of aromatic nitrogens is 2. The van der Waals surface area contributed by atoms with E-state index >= 15 is 0 Å². The molecular formula is C30H32N4O.